The van der Waals surface area contributed by atoms with Crippen molar-refractivity contribution in [3.8, 4) is 0 Å². The van der Waals surface area contributed by atoms with Crippen LogP contribution in [0.25, 0.3) is 0 Å². The summed E-state index contributed by atoms with van der Waals surface area (Å²) in [5, 5.41) is 5.18. The van der Waals surface area contributed by atoms with Gasteiger partial charge in [0, 0.05) is 4.47 Å². The molecule has 116 valence electrons. The lowest BCUT2D eigenvalue weighted by atomic mass is 9.98. The van der Waals surface area contributed by atoms with Gasteiger partial charge in [-0.05, 0) is 50.3 Å². The Morgan fingerprint density at radius 2 is 1.90 bits per heavy atom. The van der Waals surface area contributed by atoms with Crippen LogP contribution in [0.4, 0.5) is 0 Å². The molecule has 0 amide bonds. The van der Waals surface area contributed by atoms with E-state index in [0.717, 1.165) is 25.7 Å². The molecule has 1 aliphatic carbocycles. The molecule has 1 fully saturated rings. The van der Waals surface area contributed by atoms with Gasteiger partial charge in [-0.1, -0.05) is 22.4 Å². The van der Waals surface area contributed by atoms with E-state index in [0.29, 0.717) is 10.0 Å². The van der Waals surface area contributed by atoms with Gasteiger partial charge in [0.15, 0.2) is 0 Å². The molecule has 0 aromatic heterocycles. The number of esters is 1. The van der Waals surface area contributed by atoms with E-state index in [-0.39, 0.29) is 16.6 Å². The number of rotatable bonds is 3. The van der Waals surface area contributed by atoms with Gasteiger partial charge < -0.3 is 4.74 Å². The second-order valence-electron chi connectivity index (χ2n) is 5.29. The average Bonchev–Trinajstić information content (AvgIpc) is 2.41. The number of sulfonamides is 1. The molecule has 21 heavy (non-hydrogen) atoms. The molecule has 0 radical (unpaired) electrons. The van der Waals surface area contributed by atoms with Gasteiger partial charge in [0.05, 0.1) is 10.5 Å². The Morgan fingerprint density at radius 1 is 1.29 bits per heavy atom. The second-order valence-corrected chi connectivity index (χ2v) is 7.68. The van der Waals surface area contributed by atoms with Crippen LogP contribution in [0, 0.1) is 6.92 Å². The molecule has 2 N–H and O–H groups in total. The summed E-state index contributed by atoms with van der Waals surface area (Å²) in [5.41, 5.74) is 0.675. The third kappa shape index (κ3) is 4.05. The van der Waals surface area contributed by atoms with Crippen LogP contribution >= 0.6 is 15.9 Å². The molecule has 0 spiro atoms. The van der Waals surface area contributed by atoms with E-state index in [1.54, 1.807) is 13.0 Å². The van der Waals surface area contributed by atoms with Crippen molar-refractivity contribution in [3.63, 3.8) is 0 Å². The van der Waals surface area contributed by atoms with Gasteiger partial charge in [0.1, 0.15) is 6.10 Å². The smallest absolute Gasteiger partial charge is 0.338 e. The minimum atomic E-state index is -3.88. The number of carbonyl (C=O) groups excluding carboxylic acids is 1. The van der Waals surface area contributed by atoms with Crippen LogP contribution in [-0.4, -0.2) is 20.5 Å². The van der Waals surface area contributed by atoms with Crippen LogP contribution in [0.15, 0.2) is 21.5 Å². The molecule has 2 rings (SSSR count). The third-order valence-electron chi connectivity index (χ3n) is 3.66. The van der Waals surface area contributed by atoms with Gasteiger partial charge in [-0.15, -0.1) is 0 Å². The highest BCUT2D eigenvalue weighted by molar-refractivity contribution is 9.10. The van der Waals surface area contributed by atoms with Crippen molar-refractivity contribution in [3.05, 3.63) is 27.7 Å². The van der Waals surface area contributed by atoms with Crippen LogP contribution in [0.2, 0.25) is 0 Å². The summed E-state index contributed by atoms with van der Waals surface area (Å²) in [7, 11) is -3.88. The van der Waals surface area contributed by atoms with E-state index in [1.807, 2.05) is 0 Å². The van der Waals surface area contributed by atoms with E-state index in [2.05, 4.69) is 15.9 Å². The van der Waals surface area contributed by atoms with Gasteiger partial charge in [-0.3, -0.25) is 0 Å². The summed E-state index contributed by atoms with van der Waals surface area (Å²) in [6.07, 6.45) is 4.92. The summed E-state index contributed by atoms with van der Waals surface area (Å²) >= 11 is 3.26. The maximum atomic E-state index is 12.2. The van der Waals surface area contributed by atoms with Gasteiger partial charge in [0.2, 0.25) is 10.0 Å². The van der Waals surface area contributed by atoms with Gasteiger partial charge in [-0.25, -0.2) is 18.4 Å². The maximum Gasteiger partial charge on any atom is 0.338 e. The lowest BCUT2D eigenvalue weighted by molar-refractivity contribution is 0.0211. The number of hydrogen-bond acceptors (Lipinski definition) is 4. The first-order valence-corrected chi connectivity index (χ1v) is 9.17. The highest BCUT2D eigenvalue weighted by Gasteiger charge is 2.22. The molecule has 7 heteroatoms. The molecule has 0 aliphatic heterocycles. The quantitative estimate of drug-likeness (QED) is 0.822. The molecule has 0 atom stereocenters. The summed E-state index contributed by atoms with van der Waals surface area (Å²) in [6, 6.07) is 2.84. The first-order chi connectivity index (χ1) is 9.79. The van der Waals surface area contributed by atoms with Crippen LogP contribution in [-0.2, 0) is 14.8 Å². The molecule has 0 heterocycles. The summed E-state index contributed by atoms with van der Waals surface area (Å²) in [4.78, 5) is 12.1. The third-order valence-corrected chi connectivity index (χ3v) is 5.53. The minimum Gasteiger partial charge on any atom is -0.459 e. The van der Waals surface area contributed by atoms with E-state index < -0.39 is 16.0 Å². The zero-order valence-electron chi connectivity index (χ0n) is 11.8. The molecule has 5 nitrogen and oxygen atoms in total. The van der Waals surface area contributed by atoms with Crippen molar-refractivity contribution in [2.75, 3.05) is 0 Å². The highest BCUT2D eigenvalue weighted by Crippen LogP contribution is 2.27. The molecule has 1 aromatic carbocycles. The molecule has 1 aliphatic rings. The van der Waals surface area contributed by atoms with E-state index in [1.165, 1.54) is 12.5 Å². The van der Waals surface area contributed by atoms with Crippen molar-refractivity contribution in [1.29, 1.82) is 0 Å². The summed E-state index contributed by atoms with van der Waals surface area (Å²) in [5.74, 6) is -0.507. The van der Waals surface area contributed by atoms with E-state index in [9.17, 15) is 13.2 Å². The van der Waals surface area contributed by atoms with Crippen LogP contribution < -0.4 is 5.14 Å². The number of benzene rings is 1. The minimum absolute atomic E-state index is 0.0625. The van der Waals surface area contributed by atoms with E-state index >= 15 is 0 Å². The van der Waals surface area contributed by atoms with Crippen molar-refractivity contribution in [1.82, 2.24) is 0 Å². The Bertz CT molecular complexity index is 651. The number of hydrogen-bond donors (Lipinski definition) is 1. The molecular formula is C14H18BrNO4S. The highest BCUT2D eigenvalue weighted by atomic mass is 79.9. The predicted molar refractivity (Wildman–Crippen MR) is 82.5 cm³/mol. The first-order valence-electron chi connectivity index (χ1n) is 6.83. The fourth-order valence-electron chi connectivity index (χ4n) is 2.47. The molecule has 0 saturated heterocycles. The number of ether oxygens (including phenoxy) is 1. The topological polar surface area (TPSA) is 86.5 Å². The summed E-state index contributed by atoms with van der Waals surface area (Å²) < 4.78 is 29.1. The van der Waals surface area contributed by atoms with Crippen molar-refractivity contribution in [2.45, 2.75) is 50.0 Å². The number of nitrogens with two attached hydrogens (primary N) is 1. The van der Waals surface area contributed by atoms with Gasteiger partial charge in [-0.2, -0.15) is 0 Å². The molecular weight excluding hydrogens is 358 g/mol. The molecule has 0 unspecified atom stereocenters. The van der Waals surface area contributed by atoms with E-state index in [4.69, 9.17) is 9.88 Å². The Kier molecular flexibility index (Phi) is 5.06. The van der Waals surface area contributed by atoms with Crippen molar-refractivity contribution < 1.29 is 17.9 Å². The van der Waals surface area contributed by atoms with Crippen molar-refractivity contribution >= 4 is 31.9 Å². The monoisotopic (exact) mass is 375 g/mol. The Morgan fingerprint density at radius 3 is 2.48 bits per heavy atom. The van der Waals surface area contributed by atoms with Crippen LogP contribution in [0.3, 0.4) is 0 Å². The van der Waals surface area contributed by atoms with Crippen molar-refractivity contribution in [2.24, 2.45) is 5.14 Å². The molecule has 1 aromatic rings. The Balaban J connectivity index is 2.27. The zero-order valence-corrected chi connectivity index (χ0v) is 14.2. The maximum absolute atomic E-state index is 12.2. The summed E-state index contributed by atoms with van der Waals surface area (Å²) in [6.45, 7) is 1.63. The normalized spacial score (nSPS) is 16.7. The van der Waals surface area contributed by atoms with Crippen LogP contribution in [0.1, 0.15) is 48.0 Å². The van der Waals surface area contributed by atoms with Gasteiger partial charge in [0.25, 0.3) is 0 Å². The predicted octanol–water partition coefficient (Wildman–Crippen LogP) is 2.89. The molecule has 0 bridgehead atoms. The SMILES string of the molecule is Cc1c(Br)cc(C(=O)OC2CCCCC2)cc1S(N)(=O)=O. The first kappa shape index (κ1) is 16.5. The second kappa shape index (κ2) is 6.46. The number of halogens is 1. The lowest BCUT2D eigenvalue weighted by Crippen LogP contribution is -2.21. The Labute approximate surface area is 133 Å². The largest absolute Gasteiger partial charge is 0.459 e. The standard InChI is InChI=1S/C14H18BrNO4S/c1-9-12(15)7-10(8-13(9)21(16,18)19)14(17)20-11-5-3-2-4-6-11/h7-8,11H,2-6H2,1H3,(H2,16,18,19). The number of carbonyl (C=O) groups is 1. The van der Waals surface area contributed by atoms with Gasteiger partial charge >= 0.3 is 5.97 Å². The lowest BCUT2D eigenvalue weighted by Gasteiger charge is -2.22. The number of primary sulfonamides is 1. The zero-order chi connectivity index (χ0) is 15.6. The Hall–Kier alpha value is -0.920. The van der Waals surface area contributed by atoms with Crippen LogP contribution in [0.5, 0.6) is 0 Å². The average molecular weight is 376 g/mol. The molecule has 1 saturated carbocycles. The fraction of sp³-hybridized carbons (Fsp3) is 0.500. The fourth-order valence-corrected chi connectivity index (χ4v) is 3.89.